The third kappa shape index (κ3) is 3.34. The fraction of sp³-hybridized carbons (Fsp3) is 0.100. The zero-order chi connectivity index (χ0) is 21.4. The lowest BCUT2D eigenvalue weighted by atomic mass is 10.0. The van der Waals surface area contributed by atoms with Crippen molar-refractivity contribution in [1.82, 2.24) is 10.1 Å². The number of aromatic nitrogens is 2. The van der Waals surface area contributed by atoms with Crippen molar-refractivity contribution in [2.45, 2.75) is 6.92 Å². The molecule has 2 aromatic heterocycles. The van der Waals surface area contributed by atoms with E-state index in [1.54, 1.807) is 13.0 Å². The summed E-state index contributed by atoms with van der Waals surface area (Å²) in [5.74, 6) is -0.488. The van der Waals surface area contributed by atoms with E-state index >= 15 is 0 Å². The van der Waals surface area contributed by atoms with Crippen LogP contribution in [0.1, 0.15) is 16.2 Å². The molecule has 0 atom stereocenters. The van der Waals surface area contributed by atoms with Gasteiger partial charge >= 0.3 is 12.1 Å². The van der Waals surface area contributed by atoms with E-state index < -0.39 is 17.9 Å². The van der Waals surface area contributed by atoms with Crippen molar-refractivity contribution in [2.75, 3.05) is 7.11 Å². The Bertz CT molecular complexity index is 1280. The Morgan fingerprint density at radius 1 is 1.17 bits per heavy atom. The molecule has 0 saturated carbocycles. The second-order valence-corrected chi connectivity index (χ2v) is 6.21. The van der Waals surface area contributed by atoms with Gasteiger partial charge in [0.2, 0.25) is 11.7 Å². The molecule has 1 amide bonds. The lowest BCUT2D eigenvalue weighted by Crippen LogP contribution is -2.18. The van der Waals surface area contributed by atoms with Crippen LogP contribution >= 0.6 is 0 Å². The predicted octanol–water partition coefficient (Wildman–Crippen LogP) is 3.84. The van der Waals surface area contributed by atoms with E-state index in [4.69, 9.17) is 19.4 Å². The Hall–Kier alpha value is -4.21. The van der Waals surface area contributed by atoms with Crippen molar-refractivity contribution in [3.05, 3.63) is 53.7 Å². The summed E-state index contributed by atoms with van der Waals surface area (Å²) in [6.45, 7) is 1.64. The topological polar surface area (TPSA) is 131 Å². The highest BCUT2D eigenvalue weighted by atomic mass is 19.1. The zero-order valence-corrected chi connectivity index (χ0v) is 15.8. The van der Waals surface area contributed by atoms with Gasteiger partial charge in [0.15, 0.2) is 0 Å². The Morgan fingerprint density at radius 3 is 2.50 bits per heavy atom. The van der Waals surface area contributed by atoms with Gasteiger partial charge in [0.1, 0.15) is 28.5 Å². The highest BCUT2D eigenvalue weighted by molar-refractivity contribution is 6.12. The lowest BCUT2D eigenvalue weighted by Gasteiger charge is -2.06. The van der Waals surface area contributed by atoms with Crippen LogP contribution in [-0.4, -0.2) is 29.3 Å². The van der Waals surface area contributed by atoms with E-state index in [0.29, 0.717) is 28.2 Å². The summed E-state index contributed by atoms with van der Waals surface area (Å²) in [7, 11) is 1.43. The van der Waals surface area contributed by atoms with E-state index in [1.165, 1.54) is 37.4 Å². The minimum atomic E-state index is -1.27. The number of amides is 1. The third-order valence-corrected chi connectivity index (χ3v) is 4.28. The number of primary amides is 1. The van der Waals surface area contributed by atoms with Crippen LogP contribution in [0.2, 0.25) is 0 Å². The summed E-state index contributed by atoms with van der Waals surface area (Å²) in [5.41, 5.74) is 6.03. The van der Waals surface area contributed by atoms with Crippen molar-refractivity contribution in [2.24, 2.45) is 5.73 Å². The monoisotopic (exact) mass is 411 g/mol. The van der Waals surface area contributed by atoms with Gasteiger partial charge in [0, 0.05) is 17.9 Å². The molecular formula is C20H14FN3O6. The van der Waals surface area contributed by atoms with E-state index in [0.717, 1.165) is 0 Å². The summed E-state index contributed by atoms with van der Waals surface area (Å²) in [6.07, 6.45) is -1.27. The quantitative estimate of drug-likeness (QED) is 0.396. The molecule has 10 heteroatoms. The maximum atomic E-state index is 13.4. The van der Waals surface area contributed by atoms with Crippen molar-refractivity contribution >= 4 is 23.0 Å². The van der Waals surface area contributed by atoms with Crippen LogP contribution in [0, 0.1) is 12.7 Å². The van der Waals surface area contributed by atoms with E-state index in [1.807, 2.05) is 0 Å². The SMILES string of the molecule is COc1cc2c(C(=O)OC(N)=O)c(-c3ccc(F)cc3)oc2cc1-c1noc(C)n1. The normalized spacial score (nSPS) is 10.9. The Balaban J connectivity index is 1.98. The molecule has 2 heterocycles. The molecule has 2 aromatic carbocycles. The molecule has 152 valence electrons. The molecule has 0 aliphatic heterocycles. The summed E-state index contributed by atoms with van der Waals surface area (Å²) in [5, 5.41) is 4.16. The molecule has 30 heavy (non-hydrogen) atoms. The van der Waals surface area contributed by atoms with Gasteiger partial charge < -0.3 is 24.1 Å². The van der Waals surface area contributed by atoms with Gasteiger partial charge in [-0.1, -0.05) is 5.16 Å². The minimum absolute atomic E-state index is 0.0652. The molecule has 9 nitrogen and oxygen atoms in total. The third-order valence-electron chi connectivity index (χ3n) is 4.28. The van der Waals surface area contributed by atoms with Crippen LogP contribution < -0.4 is 10.5 Å². The molecular weight excluding hydrogens is 397 g/mol. The van der Waals surface area contributed by atoms with Gasteiger partial charge in [-0.05, 0) is 36.4 Å². The number of fused-ring (bicyclic) bond motifs is 1. The number of nitrogens with two attached hydrogens (primary N) is 1. The maximum Gasteiger partial charge on any atom is 0.412 e. The second kappa shape index (κ2) is 7.32. The Labute approximate surface area is 168 Å². The van der Waals surface area contributed by atoms with Gasteiger partial charge in [0.25, 0.3) is 0 Å². The number of benzene rings is 2. The molecule has 4 aromatic rings. The molecule has 0 radical (unpaired) electrons. The highest BCUT2D eigenvalue weighted by Gasteiger charge is 2.27. The summed E-state index contributed by atoms with van der Waals surface area (Å²) >= 11 is 0. The number of ether oxygens (including phenoxy) is 2. The number of esters is 1. The maximum absolute atomic E-state index is 13.4. The molecule has 0 aliphatic rings. The Morgan fingerprint density at radius 2 is 1.90 bits per heavy atom. The summed E-state index contributed by atoms with van der Waals surface area (Å²) in [4.78, 5) is 27.9. The first-order valence-corrected chi connectivity index (χ1v) is 8.60. The average molecular weight is 411 g/mol. The van der Waals surface area contributed by atoms with Gasteiger partial charge in [-0.3, -0.25) is 0 Å². The van der Waals surface area contributed by atoms with Crippen LogP contribution in [0.3, 0.4) is 0 Å². The number of hydrogen-bond acceptors (Lipinski definition) is 8. The number of carbonyl (C=O) groups is 2. The van der Waals surface area contributed by atoms with Crippen LogP contribution in [0.5, 0.6) is 5.75 Å². The first kappa shape index (κ1) is 19.1. The van der Waals surface area contributed by atoms with Gasteiger partial charge in [0.05, 0.1) is 12.7 Å². The fourth-order valence-electron chi connectivity index (χ4n) is 3.02. The van der Waals surface area contributed by atoms with Crippen molar-refractivity contribution in [1.29, 1.82) is 0 Å². The average Bonchev–Trinajstić information content (AvgIpc) is 3.30. The minimum Gasteiger partial charge on any atom is -0.496 e. The van der Waals surface area contributed by atoms with Gasteiger partial charge in [-0.15, -0.1) is 0 Å². The number of aryl methyl sites for hydroxylation is 1. The zero-order valence-electron chi connectivity index (χ0n) is 15.8. The standard InChI is InChI=1S/C20H14FN3O6/c1-9-23-18(24-30-9)13-8-15-12(7-14(13)27-2)16(19(25)29-20(22)26)17(28-15)10-3-5-11(21)6-4-10/h3-8H,1-2H3,(H2,22,26). The molecule has 0 unspecified atom stereocenters. The molecule has 0 bridgehead atoms. The van der Waals surface area contributed by atoms with Crippen LogP contribution in [0.4, 0.5) is 9.18 Å². The summed E-state index contributed by atoms with van der Waals surface area (Å²) in [6, 6.07) is 8.35. The number of rotatable bonds is 4. The van der Waals surface area contributed by atoms with Crippen LogP contribution in [0.15, 0.2) is 45.3 Å². The van der Waals surface area contributed by atoms with E-state index in [-0.39, 0.29) is 22.7 Å². The van der Waals surface area contributed by atoms with Crippen LogP contribution in [0.25, 0.3) is 33.7 Å². The second-order valence-electron chi connectivity index (χ2n) is 6.21. The number of hydrogen-bond donors (Lipinski definition) is 1. The van der Waals surface area contributed by atoms with E-state index in [9.17, 15) is 14.0 Å². The van der Waals surface area contributed by atoms with Crippen molar-refractivity contribution in [3.63, 3.8) is 0 Å². The number of halogens is 1. The molecule has 2 N–H and O–H groups in total. The molecule has 0 fully saturated rings. The first-order valence-electron chi connectivity index (χ1n) is 8.60. The molecule has 0 spiro atoms. The van der Waals surface area contributed by atoms with Gasteiger partial charge in [-0.2, -0.15) is 4.98 Å². The van der Waals surface area contributed by atoms with Gasteiger partial charge in [-0.25, -0.2) is 14.0 Å². The first-order chi connectivity index (χ1) is 14.4. The van der Waals surface area contributed by atoms with Crippen molar-refractivity contribution in [3.8, 4) is 28.5 Å². The smallest absolute Gasteiger partial charge is 0.412 e. The summed E-state index contributed by atoms with van der Waals surface area (Å²) < 4.78 is 34.2. The molecule has 0 aliphatic carbocycles. The number of carbonyl (C=O) groups excluding carboxylic acids is 2. The number of furan rings is 1. The molecule has 4 rings (SSSR count). The lowest BCUT2D eigenvalue weighted by molar-refractivity contribution is 0.0640. The van der Waals surface area contributed by atoms with Crippen molar-refractivity contribution < 1.29 is 32.4 Å². The van der Waals surface area contributed by atoms with E-state index in [2.05, 4.69) is 14.9 Å². The van der Waals surface area contributed by atoms with Crippen LogP contribution in [-0.2, 0) is 4.74 Å². The number of methoxy groups -OCH3 is 1. The predicted molar refractivity (Wildman–Crippen MR) is 101 cm³/mol. The fourth-order valence-corrected chi connectivity index (χ4v) is 3.02. The number of nitrogens with zero attached hydrogens (tertiary/aromatic N) is 2. The molecule has 0 saturated heterocycles. The largest absolute Gasteiger partial charge is 0.496 e. The Kier molecular flexibility index (Phi) is 4.66. The highest BCUT2D eigenvalue weighted by Crippen LogP contribution is 2.40.